The van der Waals surface area contributed by atoms with Crippen molar-refractivity contribution in [1.29, 1.82) is 0 Å². The average molecular weight is 327 g/mol. The Labute approximate surface area is 141 Å². The maximum atomic E-state index is 6.51. The highest BCUT2D eigenvalue weighted by Gasteiger charge is 2.20. The Bertz CT molecular complexity index is 852. The van der Waals surface area contributed by atoms with Crippen LogP contribution in [-0.2, 0) is 5.41 Å². The van der Waals surface area contributed by atoms with Crippen LogP contribution in [0.3, 0.4) is 0 Å². The van der Waals surface area contributed by atoms with E-state index in [-0.39, 0.29) is 5.41 Å². The number of halogens is 1. The van der Waals surface area contributed by atoms with Crippen molar-refractivity contribution < 1.29 is 4.74 Å². The number of benzene rings is 2. The molecule has 0 saturated carbocycles. The second kappa shape index (κ2) is 5.82. The summed E-state index contributed by atoms with van der Waals surface area (Å²) in [5.74, 6) is 1.58. The lowest BCUT2D eigenvalue weighted by atomic mass is 9.95. The van der Waals surface area contributed by atoms with Gasteiger partial charge in [-0.1, -0.05) is 56.6 Å². The van der Waals surface area contributed by atoms with Gasteiger partial charge in [0.05, 0.1) is 12.6 Å². The van der Waals surface area contributed by atoms with Crippen molar-refractivity contribution >= 4 is 22.5 Å². The van der Waals surface area contributed by atoms with E-state index >= 15 is 0 Å². The van der Waals surface area contributed by atoms with Crippen LogP contribution in [0.4, 0.5) is 0 Å². The molecule has 118 valence electrons. The minimum Gasteiger partial charge on any atom is -0.497 e. The lowest BCUT2D eigenvalue weighted by Gasteiger charge is -2.18. The van der Waals surface area contributed by atoms with Crippen LogP contribution >= 0.6 is 11.6 Å². The van der Waals surface area contributed by atoms with Crippen molar-refractivity contribution in [3.63, 3.8) is 0 Å². The fourth-order valence-corrected chi connectivity index (χ4v) is 2.76. The van der Waals surface area contributed by atoms with Crippen molar-refractivity contribution in [3.05, 3.63) is 53.4 Å². The number of aromatic nitrogens is 2. The van der Waals surface area contributed by atoms with Crippen molar-refractivity contribution in [2.45, 2.75) is 26.2 Å². The zero-order valence-corrected chi connectivity index (χ0v) is 14.5. The van der Waals surface area contributed by atoms with Gasteiger partial charge in [-0.15, -0.1) is 0 Å². The van der Waals surface area contributed by atoms with Gasteiger partial charge in [0.1, 0.15) is 16.7 Å². The molecule has 1 heterocycles. The Morgan fingerprint density at radius 2 is 1.65 bits per heavy atom. The molecule has 4 heteroatoms. The quantitative estimate of drug-likeness (QED) is 0.603. The summed E-state index contributed by atoms with van der Waals surface area (Å²) in [7, 11) is 1.66. The Morgan fingerprint density at radius 1 is 0.957 bits per heavy atom. The van der Waals surface area contributed by atoms with Gasteiger partial charge in [0.25, 0.3) is 0 Å². The van der Waals surface area contributed by atoms with Crippen LogP contribution in [0, 0.1) is 0 Å². The van der Waals surface area contributed by atoms with E-state index in [4.69, 9.17) is 21.3 Å². The minimum atomic E-state index is -0.145. The third-order valence-corrected chi connectivity index (χ3v) is 4.02. The van der Waals surface area contributed by atoms with Crippen LogP contribution in [0.15, 0.2) is 42.5 Å². The summed E-state index contributed by atoms with van der Waals surface area (Å²) in [4.78, 5) is 9.23. The zero-order chi connectivity index (χ0) is 16.6. The molecule has 0 aliphatic rings. The highest BCUT2D eigenvalue weighted by molar-refractivity contribution is 6.35. The first-order valence-electron chi connectivity index (χ1n) is 7.51. The highest BCUT2D eigenvalue weighted by Crippen LogP contribution is 2.34. The normalized spacial score (nSPS) is 11.7. The van der Waals surface area contributed by atoms with Crippen molar-refractivity contribution in [2.24, 2.45) is 0 Å². The van der Waals surface area contributed by atoms with Crippen molar-refractivity contribution in [2.75, 3.05) is 7.11 Å². The van der Waals surface area contributed by atoms with Crippen molar-refractivity contribution in [3.8, 4) is 16.9 Å². The maximum absolute atomic E-state index is 6.51. The minimum absolute atomic E-state index is 0.145. The molecule has 3 rings (SSSR count). The molecule has 0 atom stereocenters. The summed E-state index contributed by atoms with van der Waals surface area (Å²) in [6.45, 7) is 6.24. The molecule has 0 unspecified atom stereocenters. The Kier molecular flexibility index (Phi) is 3.99. The first kappa shape index (κ1) is 15.8. The Hall–Kier alpha value is -2.13. The molecule has 2 aromatic carbocycles. The second-order valence-electron chi connectivity index (χ2n) is 6.52. The lowest BCUT2D eigenvalue weighted by Crippen LogP contribution is -2.16. The van der Waals surface area contributed by atoms with Crippen LogP contribution in [0.5, 0.6) is 5.75 Å². The first-order chi connectivity index (χ1) is 10.9. The van der Waals surface area contributed by atoms with Crippen LogP contribution in [-0.4, -0.2) is 17.1 Å². The molecule has 3 aromatic rings. The van der Waals surface area contributed by atoms with E-state index in [1.54, 1.807) is 7.11 Å². The first-order valence-corrected chi connectivity index (χ1v) is 7.89. The van der Waals surface area contributed by atoms with Crippen molar-refractivity contribution in [1.82, 2.24) is 9.97 Å². The van der Waals surface area contributed by atoms with Crippen LogP contribution in [0.1, 0.15) is 26.6 Å². The van der Waals surface area contributed by atoms with E-state index in [0.717, 1.165) is 33.6 Å². The third kappa shape index (κ3) is 3.02. The van der Waals surface area contributed by atoms with Gasteiger partial charge in [-0.2, -0.15) is 0 Å². The number of rotatable bonds is 2. The van der Waals surface area contributed by atoms with Crippen LogP contribution < -0.4 is 4.74 Å². The smallest absolute Gasteiger partial charge is 0.141 e. The molecule has 0 aliphatic heterocycles. The predicted octanol–water partition coefficient (Wildman–Crippen LogP) is 5.26. The summed E-state index contributed by atoms with van der Waals surface area (Å²) < 4.78 is 5.22. The number of nitrogens with zero attached hydrogens (tertiary/aromatic N) is 2. The van der Waals surface area contributed by atoms with E-state index in [1.807, 2.05) is 42.5 Å². The van der Waals surface area contributed by atoms with Gasteiger partial charge in [-0.25, -0.2) is 9.97 Å². The molecule has 0 radical (unpaired) electrons. The molecule has 0 bridgehead atoms. The molecular weight excluding hydrogens is 308 g/mol. The number of fused-ring (bicyclic) bond motifs is 1. The highest BCUT2D eigenvalue weighted by atomic mass is 35.5. The zero-order valence-electron chi connectivity index (χ0n) is 13.7. The summed E-state index contributed by atoms with van der Waals surface area (Å²) in [6, 6.07) is 13.9. The van der Waals surface area contributed by atoms with E-state index in [2.05, 4.69) is 25.8 Å². The van der Waals surface area contributed by atoms with Gasteiger partial charge in [0.2, 0.25) is 0 Å². The van der Waals surface area contributed by atoms with Gasteiger partial charge in [-0.05, 0) is 29.3 Å². The number of methoxy groups -OCH3 is 1. The predicted molar refractivity (Wildman–Crippen MR) is 95.2 cm³/mol. The Morgan fingerprint density at radius 3 is 2.26 bits per heavy atom. The summed E-state index contributed by atoms with van der Waals surface area (Å²) >= 11 is 6.51. The molecule has 23 heavy (non-hydrogen) atoms. The fraction of sp³-hybridized carbons (Fsp3) is 0.263. The van der Waals surface area contributed by atoms with Gasteiger partial charge >= 0.3 is 0 Å². The summed E-state index contributed by atoms with van der Waals surface area (Å²) in [6.07, 6.45) is 0. The molecule has 0 aliphatic carbocycles. The van der Waals surface area contributed by atoms with Gasteiger partial charge < -0.3 is 4.74 Å². The molecule has 0 N–H and O–H groups in total. The van der Waals surface area contributed by atoms with E-state index in [9.17, 15) is 0 Å². The van der Waals surface area contributed by atoms with E-state index in [0.29, 0.717) is 5.15 Å². The number of hydrogen-bond acceptors (Lipinski definition) is 3. The molecule has 0 fully saturated rings. The topological polar surface area (TPSA) is 35.0 Å². The lowest BCUT2D eigenvalue weighted by molar-refractivity contribution is 0.415. The fourth-order valence-electron chi connectivity index (χ4n) is 2.48. The van der Waals surface area contributed by atoms with Gasteiger partial charge in [0.15, 0.2) is 0 Å². The molecule has 3 nitrogen and oxygen atoms in total. The molecule has 1 aromatic heterocycles. The average Bonchev–Trinajstić information content (AvgIpc) is 2.53. The SMILES string of the molecule is COc1ccc(-c2cccc3nc(C(C)(C)C)nc(Cl)c23)cc1. The molecule has 0 spiro atoms. The van der Waals surface area contributed by atoms with E-state index < -0.39 is 0 Å². The standard InChI is InChI=1S/C19H19ClN2O/c1-19(2,3)18-21-15-7-5-6-14(16(15)17(20)22-18)12-8-10-13(23-4)11-9-12/h5-11H,1-4H3. The number of hydrogen-bond donors (Lipinski definition) is 0. The van der Waals surface area contributed by atoms with Gasteiger partial charge in [0, 0.05) is 10.8 Å². The van der Waals surface area contributed by atoms with Gasteiger partial charge in [-0.3, -0.25) is 0 Å². The van der Waals surface area contributed by atoms with E-state index in [1.165, 1.54) is 0 Å². The summed E-state index contributed by atoms with van der Waals surface area (Å²) in [5.41, 5.74) is 2.80. The third-order valence-electron chi connectivity index (χ3n) is 3.75. The van der Waals surface area contributed by atoms with Crippen LogP contribution in [0.25, 0.3) is 22.0 Å². The number of ether oxygens (including phenoxy) is 1. The molecule has 0 saturated heterocycles. The monoisotopic (exact) mass is 326 g/mol. The second-order valence-corrected chi connectivity index (χ2v) is 6.87. The Balaban J connectivity index is 2.22. The van der Waals surface area contributed by atoms with Crippen LogP contribution in [0.2, 0.25) is 5.15 Å². The largest absolute Gasteiger partial charge is 0.497 e. The summed E-state index contributed by atoms with van der Waals surface area (Å²) in [5, 5.41) is 1.37. The molecule has 0 amide bonds. The molecular formula is C19H19ClN2O. The maximum Gasteiger partial charge on any atom is 0.141 e.